The maximum atomic E-state index is 12.4. The summed E-state index contributed by atoms with van der Waals surface area (Å²) in [6.07, 6.45) is 2.25. The highest BCUT2D eigenvalue weighted by Crippen LogP contribution is 2.38. The molecule has 0 heterocycles. The third-order valence-electron chi connectivity index (χ3n) is 8.75. The standard InChI is InChI=1S/C25H34O4.C18H19N3O6/c1-15-11-21(12-16(2)22(15)26)29-23-17(3)9-19(10-18(23)4)13-20(24(27)28-8)14-25(5,6)7;1-18(2,3)10-11-4-6-13(7-5-11)19-17(23)12-8-14(20(24)25)16(22)15(9-12)21(26)27/h9-12,20,26H,13-14H2,1-8H3;4-9,22H,10H2,1-3H3,(H,19,23). The predicted octanol–water partition coefficient (Wildman–Crippen LogP) is 10.2. The van der Waals surface area contributed by atoms with Crippen LogP contribution in [-0.4, -0.2) is 39.0 Å². The molecule has 56 heavy (non-hydrogen) atoms. The van der Waals surface area contributed by atoms with Crippen LogP contribution in [0, 0.1) is 64.7 Å². The molecular formula is C43H53N3O10. The van der Waals surface area contributed by atoms with Gasteiger partial charge in [-0.3, -0.25) is 29.8 Å². The number of anilines is 1. The molecule has 0 aliphatic rings. The summed E-state index contributed by atoms with van der Waals surface area (Å²) in [5, 5.41) is 44.1. The molecule has 4 aromatic rings. The number of hydrogen-bond donors (Lipinski definition) is 3. The molecule has 0 aromatic heterocycles. The Morgan fingerprint density at radius 2 is 1.23 bits per heavy atom. The summed E-state index contributed by atoms with van der Waals surface area (Å²) in [5.74, 6) is -0.370. The van der Waals surface area contributed by atoms with Crippen molar-refractivity contribution in [3.8, 4) is 23.0 Å². The number of nitrogens with one attached hydrogen (secondary N) is 1. The molecule has 13 heteroatoms. The Labute approximate surface area is 328 Å². The Hall–Kier alpha value is -5.98. The summed E-state index contributed by atoms with van der Waals surface area (Å²) < 4.78 is 11.2. The van der Waals surface area contributed by atoms with E-state index in [2.05, 4.69) is 59.0 Å². The molecule has 0 saturated heterocycles. The number of carbonyl (C=O) groups excluding carboxylic acids is 2. The SMILES string of the molecule is CC(C)(C)Cc1ccc(NC(=O)c2cc([N+](=O)[O-])c(O)c([N+](=O)[O-])c2)cc1.COC(=O)C(Cc1cc(C)c(Oc2cc(C)c(O)c(C)c2)c(C)c1)CC(C)(C)C. The summed E-state index contributed by atoms with van der Waals surface area (Å²) in [7, 11) is 1.45. The molecule has 1 atom stereocenters. The van der Waals surface area contributed by atoms with Crippen LogP contribution in [0.4, 0.5) is 17.1 Å². The molecule has 4 rings (SSSR count). The lowest BCUT2D eigenvalue weighted by Crippen LogP contribution is -2.24. The van der Waals surface area contributed by atoms with Gasteiger partial charge in [0.1, 0.15) is 17.2 Å². The lowest BCUT2D eigenvalue weighted by molar-refractivity contribution is -0.396. The zero-order valence-corrected chi connectivity index (χ0v) is 34.0. The van der Waals surface area contributed by atoms with Crippen LogP contribution in [0.5, 0.6) is 23.0 Å². The van der Waals surface area contributed by atoms with Gasteiger partial charge in [0.25, 0.3) is 11.7 Å². The molecular weight excluding hydrogens is 718 g/mol. The number of nitro groups is 2. The molecule has 0 spiro atoms. The van der Waals surface area contributed by atoms with Gasteiger partial charge in [0.15, 0.2) is 0 Å². The van der Waals surface area contributed by atoms with Gasteiger partial charge in [-0.05, 0) is 115 Å². The number of ether oxygens (including phenoxy) is 2. The number of aromatic hydroxyl groups is 2. The monoisotopic (exact) mass is 771 g/mol. The Balaban J connectivity index is 0.000000301. The molecule has 4 aromatic carbocycles. The molecule has 0 fully saturated rings. The number of methoxy groups -OCH3 is 1. The first-order chi connectivity index (χ1) is 25.9. The fraction of sp³-hybridized carbons (Fsp3) is 0.395. The van der Waals surface area contributed by atoms with Crippen molar-refractivity contribution in [2.75, 3.05) is 12.4 Å². The van der Waals surface area contributed by atoms with E-state index in [9.17, 15) is 40.0 Å². The number of rotatable bonds is 11. The third-order valence-corrected chi connectivity index (χ3v) is 8.75. The average molecular weight is 772 g/mol. The van der Waals surface area contributed by atoms with Gasteiger partial charge < -0.3 is 25.0 Å². The van der Waals surface area contributed by atoms with Gasteiger partial charge in [-0.15, -0.1) is 0 Å². The largest absolute Gasteiger partial charge is 0.507 e. The van der Waals surface area contributed by atoms with Crippen molar-refractivity contribution in [3.05, 3.63) is 120 Å². The van der Waals surface area contributed by atoms with Crippen LogP contribution in [0.25, 0.3) is 0 Å². The molecule has 1 unspecified atom stereocenters. The minimum Gasteiger partial charge on any atom is -0.507 e. The zero-order chi connectivity index (χ0) is 42.3. The van der Waals surface area contributed by atoms with E-state index in [1.165, 1.54) is 7.11 Å². The van der Waals surface area contributed by atoms with Crippen LogP contribution in [0.15, 0.2) is 60.7 Å². The van der Waals surface area contributed by atoms with E-state index >= 15 is 0 Å². The molecule has 0 radical (unpaired) electrons. The minimum atomic E-state index is -1.09. The normalized spacial score (nSPS) is 11.8. The molecule has 0 saturated carbocycles. The summed E-state index contributed by atoms with van der Waals surface area (Å²) in [5.41, 5.74) is 4.26. The van der Waals surface area contributed by atoms with Crippen molar-refractivity contribution >= 4 is 28.9 Å². The summed E-state index contributed by atoms with van der Waals surface area (Å²) >= 11 is 0. The van der Waals surface area contributed by atoms with E-state index in [0.29, 0.717) is 23.6 Å². The topological polar surface area (TPSA) is 191 Å². The lowest BCUT2D eigenvalue weighted by atomic mass is 9.81. The van der Waals surface area contributed by atoms with Crippen LogP contribution < -0.4 is 10.1 Å². The van der Waals surface area contributed by atoms with Gasteiger partial charge in [0.05, 0.1) is 28.4 Å². The third kappa shape index (κ3) is 12.5. The van der Waals surface area contributed by atoms with Gasteiger partial charge in [0, 0.05) is 17.8 Å². The molecule has 300 valence electrons. The van der Waals surface area contributed by atoms with Gasteiger partial charge in [-0.2, -0.15) is 0 Å². The van der Waals surface area contributed by atoms with Crippen molar-refractivity contribution in [1.82, 2.24) is 0 Å². The van der Waals surface area contributed by atoms with Crippen molar-refractivity contribution < 1.29 is 39.1 Å². The smallest absolute Gasteiger partial charge is 0.318 e. The number of carbonyl (C=O) groups is 2. The van der Waals surface area contributed by atoms with Crippen LogP contribution in [0.3, 0.4) is 0 Å². The van der Waals surface area contributed by atoms with Gasteiger partial charge in [-0.1, -0.05) is 65.8 Å². The molecule has 0 aliphatic carbocycles. The van der Waals surface area contributed by atoms with Gasteiger partial charge >= 0.3 is 17.3 Å². The second-order valence-electron chi connectivity index (χ2n) is 16.5. The number of phenolic OH excluding ortho intramolecular Hbond substituents is 2. The summed E-state index contributed by atoms with van der Waals surface area (Å²) in [4.78, 5) is 44.6. The highest BCUT2D eigenvalue weighted by Gasteiger charge is 2.29. The van der Waals surface area contributed by atoms with E-state index in [0.717, 1.165) is 64.1 Å². The quantitative estimate of drug-likeness (QED) is 0.0751. The molecule has 13 nitrogen and oxygen atoms in total. The van der Waals surface area contributed by atoms with E-state index in [1.807, 2.05) is 52.0 Å². The molecule has 3 N–H and O–H groups in total. The first-order valence-electron chi connectivity index (χ1n) is 18.1. The van der Waals surface area contributed by atoms with E-state index < -0.39 is 32.9 Å². The number of benzene rings is 4. The molecule has 1 amide bonds. The summed E-state index contributed by atoms with van der Waals surface area (Å²) in [6, 6.07) is 16.5. The second-order valence-corrected chi connectivity index (χ2v) is 16.5. The lowest BCUT2D eigenvalue weighted by Gasteiger charge is -2.25. The number of phenols is 2. The van der Waals surface area contributed by atoms with E-state index in [1.54, 1.807) is 12.1 Å². The van der Waals surface area contributed by atoms with Gasteiger partial charge in [-0.25, -0.2) is 0 Å². The number of hydrogen-bond acceptors (Lipinski definition) is 10. The number of esters is 1. The number of nitrogens with zero attached hydrogens (tertiary/aromatic N) is 2. The Kier molecular flexibility index (Phi) is 14.4. The molecule has 0 bridgehead atoms. The Morgan fingerprint density at radius 1 is 0.732 bits per heavy atom. The van der Waals surface area contributed by atoms with Crippen LogP contribution >= 0.6 is 0 Å². The minimum absolute atomic E-state index is 0.0422. The first-order valence-corrected chi connectivity index (χ1v) is 18.1. The zero-order valence-electron chi connectivity index (χ0n) is 34.0. The van der Waals surface area contributed by atoms with Crippen molar-refractivity contribution in [3.63, 3.8) is 0 Å². The number of nitro benzene ring substituents is 2. The Morgan fingerprint density at radius 3 is 1.66 bits per heavy atom. The van der Waals surface area contributed by atoms with E-state index in [4.69, 9.17) is 9.47 Å². The maximum absolute atomic E-state index is 12.4. The average Bonchev–Trinajstić information content (AvgIpc) is 3.07. The summed E-state index contributed by atoms with van der Waals surface area (Å²) in [6.45, 7) is 20.5. The predicted molar refractivity (Wildman–Crippen MR) is 216 cm³/mol. The Bertz CT molecular complexity index is 2010. The number of amides is 1. The second kappa shape index (κ2) is 18.1. The highest BCUT2D eigenvalue weighted by molar-refractivity contribution is 6.05. The fourth-order valence-electron chi connectivity index (χ4n) is 6.38. The highest BCUT2D eigenvalue weighted by atomic mass is 16.6. The van der Waals surface area contributed by atoms with Crippen molar-refractivity contribution in [2.24, 2.45) is 16.7 Å². The first kappa shape index (κ1) is 44.4. The van der Waals surface area contributed by atoms with Crippen LogP contribution in [-0.2, 0) is 22.4 Å². The number of aryl methyl sites for hydroxylation is 4. The van der Waals surface area contributed by atoms with E-state index in [-0.39, 0.29) is 28.3 Å². The van der Waals surface area contributed by atoms with Crippen molar-refractivity contribution in [2.45, 2.75) is 88.5 Å². The maximum Gasteiger partial charge on any atom is 0.318 e. The van der Waals surface area contributed by atoms with Crippen LogP contribution in [0.2, 0.25) is 0 Å². The molecule has 0 aliphatic heterocycles. The van der Waals surface area contributed by atoms with Crippen LogP contribution in [0.1, 0.15) is 91.7 Å². The van der Waals surface area contributed by atoms with Crippen molar-refractivity contribution in [1.29, 1.82) is 0 Å². The fourth-order valence-corrected chi connectivity index (χ4v) is 6.38. The van der Waals surface area contributed by atoms with Gasteiger partial charge in [0.2, 0.25) is 0 Å².